The van der Waals surface area contributed by atoms with Gasteiger partial charge in [-0.25, -0.2) is 4.98 Å². The van der Waals surface area contributed by atoms with Gasteiger partial charge in [-0.3, -0.25) is 4.90 Å². The average Bonchev–Trinajstić information content (AvgIpc) is 3.34. The highest BCUT2D eigenvalue weighted by atomic mass is 16.5. The maximum absolute atomic E-state index is 5.80. The summed E-state index contributed by atoms with van der Waals surface area (Å²) >= 11 is 0. The second-order valence-corrected chi connectivity index (χ2v) is 9.77. The standard InChI is InChI=1S/C27H35N7O2/c1-18-15-34(16-19(2)36-18)13-7-8-20-11-12-22(23(14-20)35-3)31-27-32-25-24(28-17-29-25)26(33-27)30-21-9-5-4-6-10-21/h11-12,14,17-19,21H,4-6,9-10,13,15-16H2,1-3H3,(H3,28,29,30,31,32,33)/t18-,19+. The lowest BCUT2D eigenvalue weighted by atomic mass is 9.95. The fourth-order valence-corrected chi connectivity index (χ4v) is 5.09. The first-order chi connectivity index (χ1) is 17.6. The molecule has 2 fully saturated rings. The lowest BCUT2D eigenvalue weighted by Gasteiger charge is -2.34. The maximum atomic E-state index is 5.80. The lowest BCUT2D eigenvalue weighted by Crippen LogP contribution is -2.45. The molecule has 1 saturated carbocycles. The summed E-state index contributed by atoms with van der Waals surface area (Å²) in [5.74, 6) is 8.49. The van der Waals surface area contributed by atoms with E-state index in [1.54, 1.807) is 13.4 Å². The molecule has 0 bridgehead atoms. The van der Waals surface area contributed by atoms with Crippen molar-refractivity contribution in [1.29, 1.82) is 0 Å². The predicted octanol–water partition coefficient (Wildman–Crippen LogP) is 4.31. The molecule has 36 heavy (non-hydrogen) atoms. The van der Waals surface area contributed by atoms with Gasteiger partial charge in [0, 0.05) is 24.7 Å². The van der Waals surface area contributed by atoms with Crippen LogP contribution in [0.25, 0.3) is 11.2 Å². The number of H-pyrrole nitrogens is 1. The van der Waals surface area contributed by atoms with E-state index >= 15 is 0 Å². The third-order valence-electron chi connectivity index (χ3n) is 6.70. The monoisotopic (exact) mass is 489 g/mol. The van der Waals surface area contributed by atoms with Crippen molar-refractivity contribution < 1.29 is 9.47 Å². The van der Waals surface area contributed by atoms with Crippen LogP contribution in [0.15, 0.2) is 24.5 Å². The van der Waals surface area contributed by atoms with E-state index < -0.39 is 0 Å². The van der Waals surface area contributed by atoms with Gasteiger partial charge in [0.1, 0.15) is 11.3 Å². The zero-order valence-corrected chi connectivity index (χ0v) is 21.3. The second-order valence-electron chi connectivity index (χ2n) is 9.77. The van der Waals surface area contributed by atoms with E-state index in [1.807, 2.05) is 18.2 Å². The van der Waals surface area contributed by atoms with Crippen LogP contribution in [0.4, 0.5) is 17.5 Å². The number of morpholine rings is 1. The Balaban J connectivity index is 1.30. The summed E-state index contributed by atoms with van der Waals surface area (Å²) in [6.07, 6.45) is 8.23. The number of imidazole rings is 1. The Kier molecular flexibility index (Phi) is 7.54. The number of aromatic nitrogens is 4. The Labute approximate surface area is 212 Å². The van der Waals surface area contributed by atoms with Crippen molar-refractivity contribution in [1.82, 2.24) is 24.8 Å². The molecule has 0 radical (unpaired) electrons. The van der Waals surface area contributed by atoms with Gasteiger partial charge in [0.25, 0.3) is 0 Å². The number of nitrogens with one attached hydrogen (secondary N) is 3. The smallest absolute Gasteiger partial charge is 0.231 e. The first kappa shape index (κ1) is 24.3. The predicted molar refractivity (Wildman–Crippen MR) is 142 cm³/mol. The first-order valence-corrected chi connectivity index (χ1v) is 12.9. The molecule has 1 aromatic carbocycles. The number of methoxy groups -OCH3 is 1. The SMILES string of the molecule is COc1cc(C#CCN2C[C@@H](C)O[C@@H](C)C2)ccc1Nc1nc(NC2CCCCC2)c2nc[nH]c2n1. The summed E-state index contributed by atoms with van der Waals surface area (Å²) in [5.41, 5.74) is 3.13. The van der Waals surface area contributed by atoms with Crippen molar-refractivity contribution in [2.45, 2.75) is 64.2 Å². The number of fused-ring (bicyclic) bond motifs is 1. The largest absolute Gasteiger partial charge is 0.495 e. The Morgan fingerprint density at radius 3 is 2.72 bits per heavy atom. The van der Waals surface area contributed by atoms with Crippen LogP contribution in [-0.4, -0.2) is 69.8 Å². The average molecular weight is 490 g/mol. The number of benzene rings is 1. The molecule has 1 saturated heterocycles. The minimum Gasteiger partial charge on any atom is -0.495 e. The van der Waals surface area contributed by atoms with Gasteiger partial charge < -0.3 is 25.1 Å². The van der Waals surface area contributed by atoms with Gasteiger partial charge in [-0.1, -0.05) is 31.1 Å². The molecule has 3 heterocycles. The maximum Gasteiger partial charge on any atom is 0.231 e. The zero-order valence-electron chi connectivity index (χ0n) is 21.3. The van der Waals surface area contributed by atoms with Crippen molar-refractivity contribution in [2.75, 3.05) is 37.4 Å². The van der Waals surface area contributed by atoms with E-state index in [0.29, 0.717) is 23.4 Å². The summed E-state index contributed by atoms with van der Waals surface area (Å²) in [6.45, 7) is 6.74. The molecule has 190 valence electrons. The van der Waals surface area contributed by atoms with Crippen molar-refractivity contribution in [3.8, 4) is 17.6 Å². The lowest BCUT2D eigenvalue weighted by molar-refractivity contribution is -0.0640. The molecule has 3 aromatic rings. The molecule has 3 N–H and O–H groups in total. The number of ether oxygens (including phenoxy) is 2. The second kappa shape index (κ2) is 11.1. The van der Waals surface area contributed by atoms with Crippen LogP contribution in [0.5, 0.6) is 5.75 Å². The van der Waals surface area contributed by atoms with E-state index in [-0.39, 0.29) is 12.2 Å². The minimum absolute atomic E-state index is 0.239. The van der Waals surface area contributed by atoms with Crippen LogP contribution in [0.1, 0.15) is 51.5 Å². The van der Waals surface area contributed by atoms with E-state index in [2.05, 4.69) is 56.2 Å². The molecule has 0 amide bonds. The van der Waals surface area contributed by atoms with E-state index in [9.17, 15) is 0 Å². The molecule has 2 atom stereocenters. The molecule has 0 spiro atoms. The van der Waals surface area contributed by atoms with Crippen LogP contribution in [0, 0.1) is 11.8 Å². The first-order valence-electron chi connectivity index (χ1n) is 12.9. The molecule has 0 unspecified atom stereocenters. The number of anilines is 3. The van der Waals surface area contributed by atoms with Gasteiger partial charge in [-0.2, -0.15) is 9.97 Å². The molecular weight excluding hydrogens is 454 g/mol. The highest BCUT2D eigenvalue weighted by molar-refractivity contribution is 5.84. The van der Waals surface area contributed by atoms with Crippen LogP contribution in [-0.2, 0) is 4.74 Å². The minimum atomic E-state index is 0.239. The summed E-state index contributed by atoms with van der Waals surface area (Å²) in [5, 5.41) is 6.92. The van der Waals surface area contributed by atoms with Gasteiger partial charge in [-0.15, -0.1) is 0 Å². The summed E-state index contributed by atoms with van der Waals surface area (Å²) < 4.78 is 11.5. The van der Waals surface area contributed by atoms with Crippen molar-refractivity contribution >= 4 is 28.6 Å². The number of aromatic amines is 1. The third-order valence-corrected chi connectivity index (χ3v) is 6.70. The number of rotatable bonds is 6. The van der Waals surface area contributed by atoms with E-state index in [1.165, 1.54) is 19.3 Å². The molecule has 1 aliphatic heterocycles. The topological polar surface area (TPSA) is 100 Å². The molecule has 2 aliphatic rings. The molecule has 2 aromatic heterocycles. The van der Waals surface area contributed by atoms with Crippen molar-refractivity contribution in [2.24, 2.45) is 0 Å². The summed E-state index contributed by atoms with van der Waals surface area (Å²) in [4.78, 5) is 19.2. The Bertz CT molecular complexity index is 1230. The molecule has 9 nitrogen and oxygen atoms in total. The van der Waals surface area contributed by atoms with E-state index in [4.69, 9.17) is 14.5 Å². The van der Waals surface area contributed by atoms with Gasteiger partial charge >= 0.3 is 0 Å². The fourth-order valence-electron chi connectivity index (χ4n) is 5.09. The Hall–Kier alpha value is -3.35. The van der Waals surface area contributed by atoms with Crippen molar-refractivity contribution in [3.63, 3.8) is 0 Å². The van der Waals surface area contributed by atoms with E-state index in [0.717, 1.165) is 55.1 Å². The van der Waals surface area contributed by atoms with Gasteiger partial charge in [0.2, 0.25) is 5.95 Å². The molecule has 5 rings (SSSR count). The number of nitrogens with zero attached hydrogens (tertiary/aromatic N) is 4. The zero-order chi connectivity index (χ0) is 24.9. The summed E-state index contributed by atoms with van der Waals surface area (Å²) in [6, 6.07) is 6.29. The van der Waals surface area contributed by atoms with Crippen LogP contribution in [0.3, 0.4) is 0 Å². The van der Waals surface area contributed by atoms with Gasteiger partial charge in [0.15, 0.2) is 11.5 Å². The molecular formula is C27H35N7O2. The Morgan fingerprint density at radius 1 is 1.14 bits per heavy atom. The number of hydrogen-bond donors (Lipinski definition) is 3. The molecule has 9 heteroatoms. The van der Waals surface area contributed by atoms with Gasteiger partial charge in [0.05, 0.1) is 37.9 Å². The van der Waals surface area contributed by atoms with Crippen molar-refractivity contribution in [3.05, 3.63) is 30.1 Å². The van der Waals surface area contributed by atoms with Crippen LogP contribution >= 0.6 is 0 Å². The molecule has 1 aliphatic carbocycles. The highest BCUT2D eigenvalue weighted by Gasteiger charge is 2.21. The number of hydrogen-bond acceptors (Lipinski definition) is 8. The summed E-state index contributed by atoms with van der Waals surface area (Å²) in [7, 11) is 1.66. The fraction of sp³-hybridized carbons (Fsp3) is 0.519. The quantitative estimate of drug-likeness (QED) is 0.441. The highest BCUT2D eigenvalue weighted by Crippen LogP contribution is 2.30. The van der Waals surface area contributed by atoms with Crippen LogP contribution in [0.2, 0.25) is 0 Å². The van der Waals surface area contributed by atoms with Crippen LogP contribution < -0.4 is 15.4 Å². The Morgan fingerprint density at radius 2 is 1.94 bits per heavy atom. The third kappa shape index (κ3) is 5.89. The normalized spacial score (nSPS) is 21.1. The van der Waals surface area contributed by atoms with Gasteiger partial charge in [-0.05, 0) is 44.9 Å².